The first kappa shape index (κ1) is 12.9. The summed E-state index contributed by atoms with van der Waals surface area (Å²) in [5.41, 5.74) is 5.38. The Morgan fingerprint density at radius 2 is 2.36 bits per heavy atom. The van der Waals surface area contributed by atoms with Gasteiger partial charge in [-0.15, -0.1) is 0 Å². The van der Waals surface area contributed by atoms with E-state index in [1.807, 2.05) is 6.07 Å². The van der Waals surface area contributed by atoms with Crippen LogP contribution in [0, 0.1) is 11.3 Å². The fourth-order valence-electron chi connectivity index (χ4n) is 0.956. The summed E-state index contributed by atoms with van der Waals surface area (Å²) in [7, 11) is 3.20. The van der Waals surface area contributed by atoms with Gasteiger partial charge in [0.05, 0.1) is 25.0 Å². The Kier molecular flexibility index (Phi) is 6.72. The molecule has 80 valence electrons. The van der Waals surface area contributed by atoms with Crippen molar-refractivity contribution in [1.82, 2.24) is 4.90 Å². The number of nitrogens with two attached hydrogens (primary N) is 1. The highest BCUT2D eigenvalue weighted by atomic mass is 16.5. The van der Waals surface area contributed by atoms with Crippen molar-refractivity contribution in [1.29, 1.82) is 5.26 Å². The van der Waals surface area contributed by atoms with Gasteiger partial charge in [0.25, 0.3) is 0 Å². The summed E-state index contributed by atoms with van der Waals surface area (Å²) in [6, 6.07) is 1.98. The molecule has 2 N–H and O–H groups in total. The smallest absolute Gasteiger partial charge is 0.225 e. The van der Waals surface area contributed by atoms with Gasteiger partial charge in [0.1, 0.15) is 0 Å². The van der Waals surface area contributed by atoms with E-state index in [4.69, 9.17) is 15.7 Å². The summed E-state index contributed by atoms with van der Waals surface area (Å²) in [6.07, 6.45) is 0.393. The minimum absolute atomic E-state index is 0.0439. The van der Waals surface area contributed by atoms with E-state index in [-0.39, 0.29) is 18.4 Å². The van der Waals surface area contributed by atoms with Crippen molar-refractivity contribution in [2.24, 2.45) is 5.73 Å². The van der Waals surface area contributed by atoms with E-state index in [9.17, 15) is 4.79 Å². The zero-order valence-electron chi connectivity index (χ0n) is 8.69. The number of hydrogen-bond acceptors (Lipinski definition) is 4. The van der Waals surface area contributed by atoms with Gasteiger partial charge in [-0.05, 0) is 0 Å². The highest BCUT2D eigenvalue weighted by Crippen LogP contribution is 1.99. The van der Waals surface area contributed by atoms with Crippen LogP contribution in [0.15, 0.2) is 0 Å². The maximum atomic E-state index is 11.5. The highest BCUT2D eigenvalue weighted by Gasteiger charge is 2.14. The van der Waals surface area contributed by atoms with Crippen molar-refractivity contribution in [3.63, 3.8) is 0 Å². The molecule has 5 nitrogen and oxygen atoms in total. The van der Waals surface area contributed by atoms with Gasteiger partial charge in [-0.1, -0.05) is 0 Å². The molecule has 1 atom stereocenters. The number of carbonyl (C=O) groups is 1. The maximum absolute atomic E-state index is 11.5. The molecule has 1 unspecified atom stereocenters. The third kappa shape index (κ3) is 4.80. The average Bonchev–Trinajstić information content (AvgIpc) is 2.21. The fourth-order valence-corrected chi connectivity index (χ4v) is 0.956. The quantitative estimate of drug-likeness (QED) is 0.638. The molecular formula is C9H17N3O2. The molecule has 0 aliphatic carbocycles. The lowest BCUT2D eigenvalue weighted by molar-refractivity contribution is -0.132. The average molecular weight is 199 g/mol. The third-order valence-electron chi connectivity index (χ3n) is 1.98. The lowest BCUT2D eigenvalue weighted by Gasteiger charge is -2.18. The van der Waals surface area contributed by atoms with Crippen LogP contribution in [0.5, 0.6) is 0 Å². The summed E-state index contributed by atoms with van der Waals surface area (Å²) in [5, 5.41) is 8.34. The molecule has 1 amide bonds. The van der Waals surface area contributed by atoms with Gasteiger partial charge >= 0.3 is 0 Å². The van der Waals surface area contributed by atoms with Gasteiger partial charge in [0.15, 0.2) is 0 Å². The maximum Gasteiger partial charge on any atom is 0.225 e. The molecule has 0 aliphatic rings. The first-order valence-corrected chi connectivity index (χ1v) is 4.49. The predicted molar refractivity (Wildman–Crippen MR) is 52.3 cm³/mol. The summed E-state index contributed by atoms with van der Waals surface area (Å²) in [5.74, 6) is -0.0439. The minimum atomic E-state index is -0.230. The van der Waals surface area contributed by atoms with Crippen LogP contribution in [0.2, 0.25) is 0 Å². The molecule has 0 bridgehead atoms. The van der Waals surface area contributed by atoms with Crippen LogP contribution in [0.4, 0.5) is 0 Å². The molecule has 0 rings (SSSR count). The van der Waals surface area contributed by atoms with Crippen LogP contribution in [-0.2, 0) is 9.53 Å². The van der Waals surface area contributed by atoms with E-state index in [0.29, 0.717) is 19.5 Å². The molecule has 5 heteroatoms. The van der Waals surface area contributed by atoms with Crippen molar-refractivity contribution in [3.05, 3.63) is 0 Å². The Bertz CT molecular complexity index is 209. The first-order valence-electron chi connectivity index (χ1n) is 4.49. The Morgan fingerprint density at radius 3 is 2.79 bits per heavy atom. The molecule has 14 heavy (non-hydrogen) atoms. The van der Waals surface area contributed by atoms with Gasteiger partial charge < -0.3 is 15.4 Å². The number of nitriles is 1. The fraction of sp³-hybridized carbons (Fsp3) is 0.778. The molecule has 0 heterocycles. The SMILES string of the molecule is COC(CN)CC(=O)N(C)CCC#N. The number of nitrogens with zero attached hydrogens (tertiary/aromatic N) is 2. The Morgan fingerprint density at radius 1 is 1.71 bits per heavy atom. The zero-order valence-corrected chi connectivity index (χ0v) is 8.69. The topological polar surface area (TPSA) is 79.3 Å². The van der Waals surface area contributed by atoms with Gasteiger partial charge in [-0.25, -0.2) is 0 Å². The minimum Gasteiger partial charge on any atom is -0.380 e. The summed E-state index contributed by atoms with van der Waals surface area (Å²) < 4.78 is 4.99. The van der Waals surface area contributed by atoms with Crippen LogP contribution in [0.1, 0.15) is 12.8 Å². The van der Waals surface area contributed by atoms with Crippen LogP contribution in [0.3, 0.4) is 0 Å². The Hall–Kier alpha value is -1.12. The van der Waals surface area contributed by atoms with Crippen molar-refractivity contribution in [3.8, 4) is 6.07 Å². The van der Waals surface area contributed by atoms with Crippen molar-refractivity contribution >= 4 is 5.91 Å². The van der Waals surface area contributed by atoms with Crippen LogP contribution in [-0.4, -0.2) is 44.2 Å². The molecule has 0 aromatic carbocycles. The molecule has 0 fully saturated rings. The van der Waals surface area contributed by atoms with Crippen molar-refractivity contribution < 1.29 is 9.53 Å². The highest BCUT2D eigenvalue weighted by molar-refractivity contribution is 5.76. The number of amides is 1. The van der Waals surface area contributed by atoms with Crippen LogP contribution < -0.4 is 5.73 Å². The third-order valence-corrected chi connectivity index (χ3v) is 1.98. The van der Waals surface area contributed by atoms with Gasteiger partial charge in [0.2, 0.25) is 5.91 Å². The van der Waals surface area contributed by atoms with E-state index >= 15 is 0 Å². The largest absolute Gasteiger partial charge is 0.380 e. The van der Waals surface area contributed by atoms with Gasteiger partial charge in [-0.3, -0.25) is 4.79 Å². The van der Waals surface area contributed by atoms with Crippen LogP contribution >= 0.6 is 0 Å². The van der Waals surface area contributed by atoms with E-state index < -0.39 is 0 Å². The second-order valence-corrected chi connectivity index (χ2v) is 3.02. The summed E-state index contributed by atoms with van der Waals surface area (Å²) in [6.45, 7) is 0.782. The standard InChI is InChI=1S/C9H17N3O2/c1-12(5-3-4-10)9(13)6-8(7-11)14-2/h8H,3,5-7,11H2,1-2H3. The Labute approximate surface area is 84.4 Å². The van der Waals surface area contributed by atoms with Crippen molar-refractivity contribution in [2.45, 2.75) is 18.9 Å². The van der Waals surface area contributed by atoms with Crippen molar-refractivity contribution in [2.75, 3.05) is 27.2 Å². The molecule has 0 aliphatic heterocycles. The van der Waals surface area contributed by atoms with E-state index in [0.717, 1.165) is 0 Å². The molecular weight excluding hydrogens is 182 g/mol. The Balaban J connectivity index is 3.88. The number of methoxy groups -OCH3 is 1. The number of carbonyl (C=O) groups excluding carboxylic acids is 1. The summed E-state index contributed by atoms with van der Waals surface area (Å²) >= 11 is 0. The van der Waals surface area contributed by atoms with E-state index in [1.165, 1.54) is 12.0 Å². The molecule has 0 radical (unpaired) electrons. The predicted octanol–water partition coefficient (Wildman–Crippen LogP) is -0.278. The van der Waals surface area contributed by atoms with E-state index in [2.05, 4.69) is 0 Å². The molecule has 0 aromatic rings. The first-order chi connectivity index (χ1) is 6.65. The number of rotatable bonds is 6. The molecule has 0 aromatic heterocycles. The van der Waals surface area contributed by atoms with Gasteiger partial charge in [-0.2, -0.15) is 5.26 Å². The van der Waals surface area contributed by atoms with Crippen LogP contribution in [0.25, 0.3) is 0 Å². The zero-order chi connectivity index (χ0) is 11.0. The lowest BCUT2D eigenvalue weighted by atomic mass is 10.2. The number of ether oxygens (including phenoxy) is 1. The lowest BCUT2D eigenvalue weighted by Crippen LogP contribution is -2.34. The normalized spacial score (nSPS) is 11.9. The second-order valence-electron chi connectivity index (χ2n) is 3.02. The van der Waals surface area contributed by atoms with Gasteiger partial charge in [0, 0.05) is 27.2 Å². The summed E-state index contributed by atoms with van der Waals surface area (Å²) in [4.78, 5) is 13.0. The molecule has 0 saturated carbocycles. The van der Waals surface area contributed by atoms with E-state index in [1.54, 1.807) is 7.05 Å². The monoisotopic (exact) mass is 199 g/mol. The molecule has 0 saturated heterocycles. The molecule has 0 spiro atoms. The second kappa shape index (κ2) is 7.30. The number of hydrogen-bond donors (Lipinski definition) is 1.